The smallest absolute Gasteiger partial charge is 0.261 e. The summed E-state index contributed by atoms with van der Waals surface area (Å²) in [6.45, 7) is 4.82. The normalized spacial score (nSPS) is 18.9. The van der Waals surface area contributed by atoms with Gasteiger partial charge in [0, 0.05) is 30.0 Å². The molecule has 2 atom stereocenters. The molecule has 170 valence electrons. The molecule has 5 rings (SSSR count). The van der Waals surface area contributed by atoms with Crippen molar-refractivity contribution in [2.45, 2.75) is 58.0 Å². The Hall–Kier alpha value is -3.60. The highest BCUT2D eigenvalue weighted by Crippen LogP contribution is 2.43. The van der Waals surface area contributed by atoms with E-state index in [0.29, 0.717) is 29.1 Å². The number of nitrogens with zero attached hydrogens (tertiary/aromatic N) is 4. The standard InChI is InChI=1S/C25H28N6O2/c1-15-14-18(7-8-19(15)25(33)30-13-3-4-16(30)2)28-23-22-21(10-12-27-24(22)32)31(29-23)20(9-11-26)17-5-6-17/h7-8,10,12,14,16-17,20H,3-6,9,13H2,1-2H3,(H,27,32)(H,28,29). The summed E-state index contributed by atoms with van der Waals surface area (Å²) >= 11 is 0. The maximum absolute atomic E-state index is 13.0. The van der Waals surface area contributed by atoms with Gasteiger partial charge in [-0.3, -0.25) is 14.3 Å². The van der Waals surface area contributed by atoms with Crippen molar-refractivity contribution in [1.82, 2.24) is 19.7 Å². The number of hydrogen-bond donors (Lipinski definition) is 2. The first-order chi connectivity index (χ1) is 16.0. The van der Waals surface area contributed by atoms with Crippen molar-refractivity contribution in [2.75, 3.05) is 11.9 Å². The van der Waals surface area contributed by atoms with Gasteiger partial charge in [-0.15, -0.1) is 0 Å². The second-order valence-electron chi connectivity index (χ2n) is 9.27. The fraction of sp³-hybridized carbons (Fsp3) is 0.440. The van der Waals surface area contributed by atoms with E-state index < -0.39 is 0 Å². The number of rotatable bonds is 6. The van der Waals surface area contributed by atoms with E-state index >= 15 is 0 Å². The van der Waals surface area contributed by atoms with Gasteiger partial charge >= 0.3 is 0 Å². The quantitative estimate of drug-likeness (QED) is 0.591. The Labute approximate surface area is 192 Å². The first-order valence-electron chi connectivity index (χ1n) is 11.6. The molecule has 0 radical (unpaired) electrons. The zero-order chi connectivity index (χ0) is 23.1. The molecule has 1 saturated heterocycles. The lowest BCUT2D eigenvalue weighted by molar-refractivity contribution is 0.0747. The number of fused-ring (bicyclic) bond motifs is 1. The second-order valence-corrected chi connectivity index (χ2v) is 9.27. The van der Waals surface area contributed by atoms with Crippen LogP contribution in [0.3, 0.4) is 0 Å². The van der Waals surface area contributed by atoms with Gasteiger partial charge in [0.1, 0.15) is 5.39 Å². The van der Waals surface area contributed by atoms with E-state index in [-0.39, 0.29) is 23.6 Å². The van der Waals surface area contributed by atoms with Crippen LogP contribution < -0.4 is 10.9 Å². The number of nitriles is 1. The number of aromatic amines is 1. The molecular formula is C25H28N6O2. The van der Waals surface area contributed by atoms with Crippen LogP contribution in [0.25, 0.3) is 10.9 Å². The summed E-state index contributed by atoms with van der Waals surface area (Å²) in [6.07, 6.45) is 6.21. The van der Waals surface area contributed by atoms with E-state index in [1.165, 1.54) is 0 Å². The summed E-state index contributed by atoms with van der Waals surface area (Å²) in [5.41, 5.74) is 2.84. The fourth-order valence-electron chi connectivity index (χ4n) is 4.97. The number of nitrogens with one attached hydrogen (secondary N) is 2. The number of likely N-dealkylation sites (tertiary alicyclic amines) is 1. The Kier molecular flexibility index (Phi) is 5.41. The molecule has 8 nitrogen and oxygen atoms in total. The number of benzene rings is 1. The molecule has 1 aliphatic carbocycles. The maximum atomic E-state index is 13.0. The molecule has 1 aliphatic heterocycles. The Morgan fingerprint density at radius 2 is 2.15 bits per heavy atom. The Balaban J connectivity index is 1.48. The zero-order valence-electron chi connectivity index (χ0n) is 19.0. The van der Waals surface area contributed by atoms with Gasteiger partial charge in [0.05, 0.1) is 24.0 Å². The second kappa shape index (κ2) is 8.39. The van der Waals surface area contributed by atoms with Crippen LogP contribution in [-0.4, -0.2) is 38.2 Å². The molecule has 3 heterocycles. The van der Waals surface area contributed by atoms with Crippen LogP contribution in [0.15, 0.2) is 35.3 Å². The van der Waals surface area contributed by atoms with Crippen LogP contribution in [0, 0.1) is 24.2 Å². The number of carbonyl (C=O) groups is 1. The summed E-state index contributed by atoms with van der Waals surface area (Å²) in [6, 6.07) is 9.96. The summed E-state index contributed by atoms with van der Waals surface area (Å²) in [7, 11) is 0. The minimum atomic E-state index is -0.223. The highest BCUT2D eigenvalue weighted by atomic mass is 16.2. The van der Waals surface area contributed by atoms with Gasteiger partial charge in [0.15, 0.2) is 5.82 Å². The average Bonchev–Trinajstić information content (AvgIpc) is 3.44. The van der Waals surface area contributed by atoms with Crippen molar-refractivity contribution in [3.63, 3.8) is 0 Å². The first-order valence-corrected chi connectivity index (χ1v) is 11.6. The predicted octanol–water partition coefficient (Wildman–Crippen LogP) is 4.27. The summed E-state index contributed by atoms with van der Waals surface area (Å²) in [5.74, 6) is 0.946. The summed E-state index contributed by atoms with van der Waals surface area (Å²) < 4.78 is 1.84. The third-order valence-electron chi connectivity index (χ3n) is 6.94. The van der Waals surface area contributed by atoms with Crippen LogP contribution in [0.4, 0.5) is 11.5 Å². The number of H-pyrrole nitrogens is 1. The van der Waals surface area contributed by atoms with E-state index in [1.54, 1.807) is 6.20 Å². The van der Waals surface area contributed by atoms with Gasteiger partial charge in [-0.1, -0.05) is 0 Å². The minimum Gasteiger partial charge on any atom is -0.338 e. The van der Waals surface area contributed by atoms with E-state index in [2.05, 4.69) is 23.3 Å². The SMILES string of the molecule is Cc1cc(Nc2nn(C(CC#N)C3CC3)c3cc[nH]c(=O)c23)ccc1C(=O)N1CCCC1C. The lowest BCUT2D eigenvalue weighted by Crippen LogP contribution is -2.34. The van der Waals surface area contributed by atoms with E-state index in [1.807, 2.05) is 40.8 Å². The van der Waals surface area contributed by atoms with E-state index in [9.17, 15) is 14.9 Å². The van der Waals surface area contributed by atoms with Gasteiger partial charge in [-0.2, -0.15) is 10.4 Å². The van der Waals surface area contributed by atoms with Crippen molar-refractivity contribution in [3.8, 4) is 6.07 Å². The van der Waals surface area contributed by atoms with Crippen LogP contribution in [-0.2, 0) is 0 Å². The van der Waals surface area contributed by atoms with Gasteiger partial charge < -0.3 is 15.2 Å². The van der Waals surface area contributed by atoms with Crippen LogP contribution in [0.1, 0.15) is 61.0 Å². The van der Waals surface area contributed by atoms with Gasteiger partial charge in [0.25, 0.3) is 11.5 Å². The van der Waals surface area contributed by atoms with Crippen LogP contribution in [0.5, 0.6) is 0 Å². The predicted molar refractivity (Wildman–Crippen MR) is 127 cm³/mol. The molecule has 2 N–H and O–H groups in total. The number of amides is 1. The molecule has 2 unspecified atom stereocenters. The average molecular weight is 445 g/mol. The van der Waals surface area contributed by atoms with Gasteiger partial charge in [-0.25, -0.2) is 0 Å². The molecule has 0 bridgehead atoms. The van der Waals surface area contributed by atoms with Crippen molar-refractivity contribution in [2.24, 2.45) is 5.92 Å². The molecule has 2 fully saturated rings. The van der Waals surface area contributed by atoms with Crippen molar-refractivity contribution in [3.05, 3.63) is 51.9 Å². The highest BCUT2D eigenvalue weighted by molar-refractivity contribution is 5.97. The lowest BCUT2D eigenvalue weighted by atomic mass is 10.1. The molecule has 2 aliphatic rings. The molecule has 33 heavy (non-hydrogen) atoms. The topological polar surface area (TPSA) is 107 Å². The molecule has 1 aromatic carbocycles. The molecule has 8 heteroatoms. The number of aromatic nitrogens is 3. The third kappa shape index (κ3) is 3.88. The summed E-state index contributed by atoms with van der Waals surface area (Å²) in [5, 5.41) is 17.8. The van der Waals surface area contributed by atoms with Gasteiger partial charge in [0.2, 0.25) is 0 Å². The lowest BCUT2D eigenvalue weighted by Gasteiger charge is -2.22. The summed E-state index contributed by atoms with van der Waals surface area (Å²) in [4.78, 5) is 30.4. The number of carbonyl (C=O) groups excluding carboxylic acids is 1. The fourth-order valence-corrected chi connectivity index (χ4v) is 4.97. The van der Waals surface area contributed by atoms with Crippen LogP contribution >= 0.6 is 0 Å². The number of aryl methyl sites for hydroxylation is 1. The molecule has 0 spiro atoms. The number of pyridine rings is 1. The molecule has 1 saturated carbocycles. The molecular weight excluding hydrogens is 416 g/mol. The van der Waals surface area contributed by atoms with E-state index in [0.717, 1.165) is 49.0 Å². The largest absolute Gasteiger partial charge is 0.338 e. The number of anilines is 2. The highest BCUT2D eigenvalue weighted by Gasteiger charge is 2.34. The maximum Gasteiger partial charge on any atom is 0.261 e. The minimum absolute atomic E-state index is 0.0426. The zero-order valence-corrected chi connectivity index (χ0v) is 19.0. The molecule has 3 aromatic rings. The van der Waals surface area contributed by atoms with E-state index in [4.69, 9.17) is 5.10 Å². The van der Waals surface area contributed by atoms with Gasteiger partial charge in [-0.05, 0) is 75.3 Å². The Morgan fingerprint density at radius 3 is 2.82 bits per heavy atom. The van der Waals surface area contributed by atoms with Crippen molar-refractivity contribution in [1.29, 1.82) is 5.26 Å². The third-order valence-corrected chi connectivity index (χ3v) is 6.94. The Bertz CT molecular complexity index is 1310. The first kappa shape index (κ1) is 21.3. The van der Waals surface area contributed by atoms with Crippen molar-refractivity contribution < 1.29 is 4.79 Å². The molecule has 2 aromatic heterocycles. The van der Waals surface area contributed by atoms with Crippen LogP contribution in [0.2, 0.25) is 0 Å². The Morgan fingerprint density at radius 1 is 1.33 bits per heavy atom. The molecule has 1 amide bonds. The number of hydrogen-bond acceptors (Lipinski definition) is 5. The van der Waals surface area contributed by atoms with Crippen molar-refractivity contribution >= 4 is 28.3 Å². The monoisotopic (exact) mass is 444 g/mol.